The number of nitrogens with zero attached hydrogens (tertiary/aromatic N) is 5. The first-order valence-electron chi connectivity index (χ1n) is 8.84. The fourth-order valence-corrected chi connectivity index (χ4v) is 3.92. The molecule has 0 N–H and O–H groups in total. The van der Waals surface area contributed by atoms with Gasteiger partial charge in [-0.1, -0.05) is 19.1 Å². The largest absolute Gasteiger partial charge is 0.312 e. The van der Waals surface area contributed by atoms with Gasteiger partial charge in [-0.25, -0.2) is 4.98 Å². The molecule has 3 rings (SSSR count). The minimum atomic E-state index is -0.419. The van der Waals surface area contributed by atoms with Crippen molar-refractivity contribution in [3.63, 3.8) is 0 Å². The van der Waals surface area contributed by atoms with Crippen LogP contribution < -0.4 is 4.90 Å². The van der Waals surface area contributed by atoms with Gasteiger partial charge >= 0.3 is 5.69 Å². The number of hydrogen-bond donors (Lipinski definition) is 0. The zero-order valence-electron chi connectivity index (χ0n) is 16.2. The van der Waals surface area contributed by atoms with E-state index in [9.17, 15) is 14.9 Å². The second-order valence-corrected chi connectivity index (χ2v) is 7.27. The van der Waals surface area contributed by atoms with E-state index in [1.54, 1.807) is 23.4 Å². The Morgan fingerprint density at radius 2 is 1.96 bits per heavy atom. The molecule has 0 aliphatic carbocycles. The normalized spacial score (nSPS) is 10.9. The molecule has 8 nitrogen and oxygen atoms in total. The fourth-order valence-electron chi connectivity index (χ4n) is 3.04. The number of aromatic nitrogens is 3. The molecule has 2 heterocycles. The number of rotatable bonds is 6. The summed E-state index contributed by atoms with van der Waals surface area (Å²) >= 11 is 1.35. The highest BCUT2D eigenvalue weighted by molar-refractivity contribution is 7.14. The number of amides is 1. The molecular weight excluding hydrogens is 378 g/mol. The van der Waals surface area contributed by atoms with Crippen molar-refractivity contribution in [3.05, 3.63) is 62.4 Å². The fraction of sp³-hybridized carbons (Fsp3) is 0.316. The van der Waals surface area contributed by atoms with E-state index in [1.807, 2.05) is 29.6 Å². The SMILES string of the molecule is CCc1ccc(N(C(C)=O)c2nc(Cn3nc(C)c([N+](=O)[O-])c3C)cs2)cc1. The lowest BCUT2D eigenvalue weighted by Crippen LogP contribution is -2.22. The zero-order chi connectivity index (χ0) is 20.4. The molecule has 1 aromatic carbocycles. The first-order valence-corrected chi connectivity index (χ1v) is 9.72. The van der Waals surface area contributed by atoms with Gasteiger partial charge in [-0.15, -0.1) is 11.3 Å². The van der Waals surface area contributed by atoms with Crippen molar-refractivity contribution in [3.8, 4) is 0 Å². The molecular formula is C19H21N5O3S. The summed E-state index contributed by atoms with van der Waals surface area (Å²) in [7, 11) is 0. The second kappa shape index (κ2) is 7.89. The van der Waals surface area contributed by atoms with Gasteiger partial charge in [-0.3, -0.25) is 24.5 Å². The Hall–Kier alpha value is -3.07. The minimum absolute atomic E-state index is 0.0248. The van der Waals surface area contributed by atoms with E-state index >= 15 is 0 Å². The number of benzene rings is 1. The molecule has 0 radical (unpaired) electrons. The summed E-state index contributed by atoms with van der Waals surface area (Å²) in [5, 5.41) is 17.8. The highest BCUT2D eigenvalue weighted by Gasteiger charge is 2.23. The molecule has 1 amide bonds. The lowest BCUT2D eigenvalue weighted by atomic mass is 10.1. The van der Waals surface area contributed by atoms with E-state index in [4.69, 9.17) is 0 Å². The second-order valence-electron chi connectivity index (χ2n) is 6.43. The molecule has 9 heteroatoms. The van der Waals surface area contributed by atoms with Crippen LogP contribution in [-0.4, -0.2) is 25.6 Å². The molecule has 0 saturated carbocycles. The zero-order valence-corrected chi connectivity index (χ0v) is 17.0. The van der Waals surface area contributed by atoms with Crippen molar-refractivity contribution >= 4 is 33.8 Å². The summed E-state index contributed by atoms with van der Waals surface area (Å²) < 4.78 is 1.57. The molecule has 28 heavy (non-hydrogen) atoms. The molecule has 0 aliphatic rings. The Balaban J connectivity index is 1.88. The summed E-state index contributed by atoms with van der Waals surface area (Å²) in [4.78, 5) is 29.1. The summed E-state index contributed by atoms with van der Waals surface area (Å²) in [6.07, 6.45) is 0.927. The first kappa shape index (κ1) is 19.7. The van der Waals surface area contributed by atoms with Crippen LogP contribution in [0, 0.1) is 24.0 Å². The van der Waals surface area contributed by atoms with E-state index < -0.39 is 4.92 Å². The van der Waals surface area contributed by atoms with Crippen LogP contribution >= 0.6 is 11.3 Å². The first-order chi connectivity index (χ1) is 13.3. The minimum Gasteiger partial charge on any atom is -0.274 e. The van der Waals surface area contributed by atoms with E-state index in [0.717, 1.165) is 12.1 Å². The molecule has 2 aromatic heterocycles. The van der Waals surface area contributed by atoms with Gasteiger partial charge in [0.1, 0.15) is 11.4 Å². The molecule has 0 bridgehead atoms. The van der Waals surface area contributed by atoms with Gasteiger partial charge in [-0.05, 0) is 38.0 Å². The van der Waals surface area contributed by atoms with Gasteiger partial charge in [0.15, 0.2) is 5.13 Å². The topological polar surface area (TPSA) is 94.2 Å². The standard InChI is InChI=1S/C19H21N5O3S/c1-5-15-6-8-17(9-7-15)23(14(4)25)19-20-16(11-28-19)10-22-13(3)18(24(26)27)12(2)21-22/h6-9,11H,5,10H2,1-4H3. The Kier molecular flexibility index (Phi) is 5.55. The summed E-state index contributed by atoms with van der Waals surface area (Å²) in [5.74, 6) is -0.132. The third-order valence-electron chi connectivity index (χ3n) is 4.49. The summed E-state index contributed by atoms with van der Waals surface area (Å²) in [5.41, 5.74) is 3.52. The monoisotopic (exact) mass is 399 g/mol. The molecule has 0 saturated heterocycles. The predicted molar refractivity (Wildman–Crippen MR) is 108 cm³/mol. The number of thiazole rings is 1. The molecule has 0 fully saturated rings. The number of aryl methyl sites for hydroxylation is 2. The van der Waals surface area contributed by atoms with Crippen LogP contribution in [0.15, 0.2) is 29.6 Å². The van der Waals surface area contributed by atoms with Crippen LogP contribution in [0.5, 0.6) is 0 Å². The molecule has 0 unspecified atom stereocenters. The summed E-state index contributed by atoms with van der Waals surface area (Å²) in [6, 6.07) is 7.81. The number of carbonyl (C=O) groups excluding carboxylic acids is 1. The third-order valence-corrected chi connectivity index (χ3v) is 5.36. The maximum absolute atomic E-state index is 12.2. The number of carbonyl (C=O) groups is 1. The van der Waals surface area contributed by atoms with Gasteiger partial charge < -0.3 is 0 Å². The average molecular weight is 399 g/mol. The number of hydrogen-bond acceptors (Lipinski definition) is 6. The smallest absolute Gasteiger partial charge is 0.274 e. The number of nitro groups is 1. The van der Waals surface area contributed by atoms with Crippen molar-refractivity contribution in [2.45, 2.75) is 40.7 Å². The van der Waals surface area contributed by atoms with Crippen LogP contribution in [0.3, 0.4) is 0 Å². The van der Waals surface area contributed by atoms with Crippen LogP contribution in [0.2, 0.25) is 0 Å². The number of anilines is 2. The highest BCUT2D eigenvalue weighted by atomic mass is 32.1. The van der Waals surface area contributed by atoms with Gasteiger partial charge in [0.25, 0.3) is 0 Å². The van der Waals surface area contributed by atoms with Crippen LogP contribution in [-0.2, 0) is 17.8 Å². The molecule has 0 spiro atoms. The predicted octanol–water partition coefficient (Wildman–Crippen LogP) is 4.16. The van der Waals surface area contributed by atoms with Gasteiger partial charge in [0, 0.05) is 12.3 Å². The average Bonchev–Trinajstić information content (AvgIpc) is 3.20. The van der Waals surface area contributed by atoms with Gasteiger partial charge in [-0.2, -0.15) is 5.10 Å². The van der Waals surface area contributed by atoms with E-state index in [1.165, 1.54) is 23.8 Å². The highest BCUT2D eigenvalue weighted by Crippen LogP contribution is 2.30. The Labute approximate surface area is 166 Å². The lowest BCUT2D eigenvalue weighted by molar-refractivity contribution is -0.386. The van der Waals surface area contributed by atoms with E-state index in [2.05, 4.69) is 17.0 Å². The van der Waals surface area contributed by atoms with Crippen LogP contribution in [0.1, 0.15) is 36.5 Å². The Morgan fingerprint density at radius 3 is 2.50 bits per heavy atom. The van der Waals surface area contributed by atoms with Crippen molar-refractivity contribution < 1.29 is 9.72 Å². The molecule has 0 atom stereocenters. The van der Waals surface area contributed by atoms with Crippen molar-refractivity contribution in [1.82, 2.24) is 14.8 Å². The lowest BCUT2D eigenvalue weighted by Gasteiger charge is -2.18. The van der Waals surface area contributed by atoms with Crippen molar-refractivity contribution in [2.24, 2.45) is 0 Å². The Bertz CT molecular complexity index is 1020. The maximum atomic E-state index is 12.2. The third kappa shape index (κ3) is 3.79. The van der Waals surface area contributed by atoms with E-state index in [0.29, 0.717) is 28.8 Å². The van der Waals surface area contributed by atoms with Crippen LogP contribution in [0.25, 0.3) is 0 Å². The van der Waals surface area contributed by atoms with Crippen molar-refractivity contribution in [2.75, 3.05) is 4.90 Å². The quantitative estimate of drug-likeness (QED) is 0.458. The van der Waals surface area contributed by atoms with E-state index in [-0.39, 0.29) is 11.6 Å². The van der Waals surface area contributed by atoms with Gasteiger partial charge in [0.05, 0.1) is 22.8 Å². The van der Waals surface area contributed by atoms with Gasteiger partial charge in [0.2, 0.25) is 5.91 Å². The Morgan fingerprint density at radius 1 is 1.29 bits per heavy atom. The van der Waals surface area contributed by atoms with Crippen molar-refractivity contribution in [1.29, 1.82) is 0 Å². The molecule has 3 aromatic rings. The van der Waals surface area contributed by atoms with Crippen LogP contribution in [0.4, 0.5) is 16.5 Å². The summed E-state index contributed by atoms with van der Waals surface area (Å²) in [6.45, 7) is 7.17. The molecule has 0 aliphatic heterocycles. The molecule has 146 valence electrons. The maximum Gasteiger partial charge on any atom is 0.312 e.